The lowest BCUT2D eigenvalue weighted by atomic mass is 10.2. The summed E-state index contributed by atoms with van der Waals surface area (Å²) in [5, 5.41) is 8.84. The van der Waals surface area contributed by atoms with Crippen LogP contribution >= 0.6 is 0 Å². The number of anilines is 1. The fraction of sp³-hybridized carbons (Fsp3) is 0.133. The van der Waals surface area contributed by atoms with Crippen LogP contribution in [0.5, 0.6) is 11.5 Å². The molecule has 0 aliphatic carbocycles. The minimum absolute atomic E-state index is 0.0420. The first-order valence-electron chi connectivity index (χ1n) is 6.10. The molecule has 0 saturated carbocycles. The van der Waals surface area contributed by atoms with E-state index < -0.39 is 11.8 Å². The molecule has 0 bridgehead atoms. The summed E-state index contributed by atoms with van der Waals surface area (Å²) in [5.41, 5.74) is 6.27. The normalized spacial score (nSPS) is 10.2. The molecule has 21 heavy (non-hydrogen) atoms. The predicted molar refractivity (Wildman–Crippen MR) is 75.1 cm³/mol. The first-order valence-corrected chi connectivity index (χ1v) is 6.10. The Morgan fingerprint density at radius 1 is 1.29 bits per heavy atom. The topological polar surface area (TPSA) is 81.8 Å². The van der Waals surface area contributed by atoms with Crippen LogP contribution in [0.3, 0.4) is 0 Å². The van der Waals surface area contributed by atoms with Crippen molar-refractivity contribution in [1.82, 2.24) is 0 Å². The summed E-state index contributed by atoms with van der Waals surface area (Å²) in [6.45, 7) is -0.0420. The van der Waals surface area contributed by atoms with E-state index in [2.05, 4.69) is 0 Å². The standard InChI is InChI=1S/C15H14FNO4/c1-20-13-4-2-3-10(14(13)16)8-21-12-6-5-9(15(18)19)7-11(12)17/h2-7H,8,17H2,1H3,(H,18,19). The van der Waals surface area contributed by atoms with Gasteiger partial charge in [0.25, 0.3) is 0 Å². The Balaban J connectivity index is 2.15. The predicted octanol–water partition coefficient (Wildman–Crippen LogP) is 2.69. The minimum Gasteiger partial charge on any atom is -0.494 e. The Morgan fingerprint density at radius 3 is 2.67 bits per heavy atom. The Hall–Kier alpha value is -2.76. The molecule has 0 aliphatic heterocycles. The maximum absolute atomic E-state index is 13.9. The van der Waals surface area contributed by atoms with E-state index >= 15 is 0 Å². The monoisotopic (exact) mass is 291 g/mol. The molecule has 5 nitrogen and oxygen atoms in total. The highest BCUT2D eigenvalue weighted by atomic mass is 19.1. The molecule has 0 heterocycles. The number of hydrogen-bond donors (Lipinski definition) is 2. The fourth-order valence-electron chi connectivity index (χ4n) is 1.79. The zero-order chi connectivity index (χ0) is 15.4. The number of carboxylic acids is 1. The number of methoxy groups -OCH3 is 1. The van der Waals surface area contributed by atoms with Crippen molar-refractivity contribution in [3.05, 3.63) is 53.3 Å². The molecule has 2 aromatic rings. The fourth-order valence-corrected chi connectivity index (χ4v) is 1.79. The summed E-state index contributed by atoms with van der Waals surface area (Å²) in [6.07, 6.45) is 0. The second kappa shape index (κ2) is 6.13. The molecule has 0 fully saturated rings. The van der Waals surface area contributed by atoms with Gasteiger partial charge in [-0.2, -0.15) is 0 Å². The van der Waals surface area contributed by atoms with E-state index in [1.165, 1.54) is 31.4 Å². The zero-order valence-electron chi connectivity index (χ0n) is 11.3. The van der Waals surface area contributed by atoms with E-state index in [9.17, 15) is 9.18 Å². The van der Waals surface area contributed by atoms with Crippen molar-refractivity contribution in [1.29, 1.82) is 0 Å². The van der Waals surface area contributed by atoms with E-state index in [4.69, 9.17) is 20.3 Å². The van der Waals surface area contributed by atoms with Crippen LogP contribution < -0.4 is 15.2 Å². The smallest absolute Gasteiger partial charge is 0.335 e. The van der Waals surface area contributed by atoms with E-state index in [0.29, 0.717) is 11.3 Å². The third-order valence-electron chi connectivity index (χ3n) is 2.90. The number of carboxylic acid groups (broad SMARTS) is 1. The third-order valence-corrected chi connectivity index (χ3v) is 2.90. The lowest BCUT2D eigenvalue weighted by molar-refractivity contribution is 0.0697. The van der Waals surface area contributed by atoms with Gasteiger partial charge >= 0.3 is 5.97 Å². The van der Waals surface area contributed by atoms with Gasteiger partial charge in [-0.1, -0.05) is 12.1 Å². The van der Waals surface area contributed by atoms with Gasteiger partial charge in [0.05, 0.1) is 18.4 Å². The lowest BCUT2D eigenvalue weighted by Gasteiger charge is -2.11. The summed E-state index contributed by atoms with van der Waals surface area (Å²) in [7, 11) is 1.38. The molecule has 110 valence electrons. The van der Waals surface area contributed by atoms with Crippen LogP contribution in [0.15, 0.2) is 36.4 Å². The summed E-state index contributed by atoms with van der Waals surface area (Å²) in [4.78, 5) is 10.8. The second-order valence-corrected chi connectivity index (χ2v) is 4.28. The zero-order valence-corrected chi connectivity index (χ0v) is 11.3. The van der Waals surface area contributed by atoms with Crippen molar-refractivity contribution in [2.24, 2.45) is 0 Å². The highest BCUT2D eigenvalue weighted by molar-refractivity contribution is 5.89. The van der Waals surface area contributed by atoms with E-state index in [0.717, 1.165) is 0 Å². The average Bonchev–Trinajstić information content (AvgIpc) is 2.47. The Bertz CT molecular complexity index is 673. The SMILES string of the molecule is COc1cccc(COc2ccc(C(=O)O)cc2N)c1F. The van der Waals surface area contributed by atoms with Gasteiger partial charge in [-0.25, -0.2) is 9.18 Å². The van der Waals surface area contributed by atoms with Gasteiger partial charge in [0.15, 0.2) is 11.6 Å². The number of benzene rings is 2. The van der Waals surface area contributed by atoms with Crippen LogP contribution in [0.4, 0.5) is 10.1 Å². The summed E-state index contributed by atoms with van der Waals surface area (Å²) < 4.78 is 24.2. The highest BCUT2D eigenvalue weighted by Gasteiger charge is 2.11. The van der Waals surface area contributed by atoms with Gasteiger partial charge in [-0.05, 0) is 24.3 Å². The number of carbonyl (C=O) groups is 1. The van der Waals surface area contributed by atoms with Crippen LogP contribution in [0.2, 0.25) is 0 Å². The van der Waals surface area contributed by atoms with Crippen LogP contribution in [-0.2, 0) is 6.61 Å². The Morgan fingerprint density at radius 2 is 2.05 bits per heavy atom. The molecule has 3 N–H and O–H groups in total. The number of rotatable bonds is 5. The first-order chi connectivity index (χ1) is 10.0. The molecule has 6 heteroatoms. The largest absolute Gasteiger partial charge is 0.494 e. The van der Waals surface area contributed by atoms with Crippen LogP contribution in [-0.4, -0.2) is 18.2 Å². The molecule has 0 spiro atoms. The van der Waals surface area contributed by atoms with Crippen molar-refractivity contribution in [3.63, 3.8) is 0 Å². The Kier molecular flexibility index (Phi) is 4.27. The molecule has 0 aromatic heterocycles. The van der Waals surface area contributed by atoms with Crippen LogP contribution in [0.25, 0.3) is 0 Å². The quantitative estimate of drug-likeness (QED) is 0.828. The van der Waals surface area contributed by atoms with Crippen LogP contribution in [0, 0.1) is 5.82 Å². The van der Waals surface area contributed by atoms with Crippen molar-refractivity contribution < 1.29 is 23.8 Å². The Labute approximate surface area is 120 Å². The summed E-state index contributed by atoms with van der Waals surface area (Å²) in [6, 6.07) is 8.83. The maximum atomic E-state index is 13.9. The van der Waals surface area contributed by atoms with Gasteiger partial charge in [0, 0.05) is 5.56 Å². The van der Waals surface area contributed by atoms with Gasteiger partial charge in [-0.15, -0.1) is 0 Å². The summed E-state index contributed by atoms with van der Waals surface area (Å²) in [5.74, 6) is -1.15. The van der Waals surface area contributed by atoms with Crippen molar-refractivity contribution >= 4 is 11.7 Å². The lowest BCUT2D eigenvalue weighted by Crippen LogP contribution is -2.04. The molecule has 2 aromatic carbocycles. The van der Waals surface area contributed by atoms with Gasteiger partial charge < -0.3 is 20.3 Å². The van der Waals surface area contributed by atoms with Gasteiger partial charge in [0.1, 0.15) is 12.4 Å². The van der Waals surface area contributed by atoms with Gasteiger partial charge in [-0.3, -0.25) is 0 Å². The molecule has 0 unspecified atom stereocenters. The van der Waals surface area contributed by atoms with Crippen molar-refractivity contribution in [3.8, 4) is 11.5 Å². The molecule has 0 saturated heterocycles. The van der Waals surface area contributed by atoms with Crippen molar-refractivity contribution in [2.45, 2.75) is 6.61 Å². The van der Waals surface area contributed by atoms with Crippen molar-refractivity contribution in [2.75, 3.05) is 12.8 Å². The van der Waals surface area contributed by atoms with E-state index in [1.54, 1.807) is 12.1 Å². The second-order valence-electron chi connectivity index (χ2n) is 4.28. The number of nitrogen functional groups attached to an aromatic ring is 1. The average molecular weight is 291 g/mol. The number of hydrogen-bond acceptors (Lipinski definition) is 4. The molecule has 0 atom stereocenters. The maximum Gasteiger partial charge on any atom is 0.335 e. The molecule has 0 aliphatic rings. The summed E-state index contributed by atoms with van der Waals surface area (Å²) >= 11 is 0. The minimum atomic E-state index is -1.08. The third kappa shape index (κ3) is 3.22. The number of aromatic carboxylic acids is 1. The van der Waals surface area contributed by atoms with E-state index in [-0.39, 0.29) is 23.6 Å². The first kappa shape index (κ1) is 14.6. The molecular weight excluding hydrogens is 277 g/mol. The van der Waals surface area contributed by atoms with Gasteiger partial charge in [0.2, 0.25) is 0 Å². The molecule has 0 amide bonds. The van der Waals surface area contributed by atoms with Crippen LogP contribution in [0.1, 0.15) is 15.9 Å². The number of halogens is 1. The number of nitrogens with two attached hydrogens (primary N) is 1. The van der Waals surface area contributed by atoms with E-state index in [1.807, 2.05) is 0 Å². The molecule has 2 rings (SSSR count). The number of ether oxygens (including phenoxy) is 2. The molecule has 0 radical (unpaired) electrons. The highest BCUT2D eigenvalue weighted by Crippen LogP contribution is 2.25. The molecular formula is C15H14FNO4.